The normalized spacial score (nSPS) is 22.8. The predicted molar refractivity (Wildman–Crippen MR) is 253 cm³/mol. The van der Waals surface area contributed by atoms with Gasteiger partial charge in [-0.2, -0.15) is 20.5 Å². The third-order valence-corrected chi connectivity index (χ3v) is 13.6. The number of aromatic hydroxyl groups is 1. The lowest BCUT2D eigenvalue weighted by molar-refractivity contribution is -0.126. The summed E-state index contributed by atoms with van der Waals surface area (Å²) < 4.78 is 6.07. The van der Waals surface area contributed by atoms with Crippen molar-refractivity contribution >= 4 is 91.7 Å². The Hall–Kier alpha value is -6.75. The number of phenolic OH excluding ortho intramolecular Hbond substituents is 1. The van der Waals surface area contributed by atoms with E-state index in [-0.39, 0.29) is 41.5 Å². The number of benzene rings is 5. The molecule has 0 spiro atoms. The standard InChI is InChI=1S/C49H45IN8O6/c1-55(2)32-14-6-28(7-15-32)51-53-30-10-18-34(19-11-30)57-46(60)37-23-22-36-38(43(37)48(57)62)26-39-44(42(36)27-24-40(50)45(59)41(25-27)64-5)49(63)58(47(39)61)35-20-12-31(13-21-35)54-52-29-8-16-33(17-9-29)56(3)4/h6-22,24-25,37-39,42-44,59H,23,26H2,1-5H3/t37-,38+,39+,42-,43-,44+/m0/s1. The molecule has 6 atom stereocenters. The number of amides is 4. The van der Waals surface area contributed by atoms with E-state index in [0.29, 0.717) is 49.7 Å². The molecule has 9 rings (SSSR count). The number of fused-ring (bicyclic) bond motifs is 4. The van der Waals surface area contributed by atoms with Crippen molar-refractivity contribution in [3.63, 3.8) is 0 Å². The van der Waals surface area contributed by atoms with Gasteiger partial charge < -0.3 is 19.6 Å². The summed E-state index contributed by atoms with van der Waals surface area (Å²) >= 11 is 2.03. The van der Waals surface area contributed by atoms with Crippen LogP contribution >= 0.6 is 22.6 Å². The SMILES string of the molecule is COc1cc([C@H]2C3=CC[C@@H]4C(=O)N(c5ccc(N=Nc6ccc(N(C)C)cc6)cc5)C(=O)[C@@H]4[C@@H]3C[C@H]3C(=O)N(c4ccc(N=Nc5ccc(N(C)C)cc5)cc4)C(=O)[C@@H]23)cc(I)c1O. The summed E-state index contributed by atoms with van der Waals surface area (Å²) in [5.41, 5.74) is 6.87. The van der Waals surface area contributed by atoms with Crippen molar-refractivity contribution in [3.8, 4) is 11.5 Å². The largest absolute Gasteiger partial charge is 0.504 e. The Morgan fingerprint density at radius 2 is 1.03 bits per heavy atom. The molecule has 0 aromatic heterocycles. The fraction of sp³-hybridized carbons (Fsp3) is 0.265. The molecule has 5 aromatic rings. The van der Waals surface area contributed by atoms with Gasteiger partial charge in [0.25, 0.3) is 0 Å². The number of carbonyl (C=O) groups excluding carboxylic acids is 4. The molecule has 2 aliphatic heterocycles. The molecule has 1 saturated carbocycles. The van der Waals surface area contributed by atoms with E-state index in [9.17, 15) is 24.3 Å². The van der Waals surface area contributed by atoms with Crippen molar-refractivity contribution in [2.24, 2.45) is 50.0 Å². The highest BCUT2D eigenvalue weighted by Gasteiger charge is 2.62. The Labute approximate surface area is 384 Å². The maximum absolute atomic E-state index is 14.8. The number of imide groups is 2. The van der Waals surface area contributed by atoms with Gasteiger partial charge in [-0.05, 0) is 156 Å². The van der Waals surface area contributed by atoms with Crippen LogP contribution in [0.5, 0.6) is 11.5 Å². The number of phenols is 1. The highest BCUT2D eigenvalue weighted by Crippen LogP contribution is 2.59. The molecule has 2 heterocycles. The van der Waals surface area contributed by atoms with Crippen LogP contribution in [0.15, 0.2) is 141 Å². The molecule has 14 nitrogen and oxygen atoms in total. The molecule has 3 fully saturated rings. The minimum absolute atomic E-state index is 0.0370. The molecular weight excluding hydrogens is 923 g/mol. The van der Waals surface area contributed by atoms with Crippen LogP contribution in [-0.4, -0.2) is 64.0 Å². The summed E-state index contributed by atoms with van der Waals surface area (Å²) in [7, 11) is 9.31. The molecular formula is C49H45IN8O6. The Balaban J connectivity index is 1.00. The fourth-order valence-corrected chi connectivity index (χ4v) is 10.2. The summed E-state index contributed by atoms with van der Waals surface area (Å²) in [5, 5.41) is 28.3. The quantitative estimate of drug-likeness (QED) is 0.0627. The number of hydrogen-bond donors (Lipinski definition) is 1. The lowest BCUT2D eigenvalue weighted by atomic mass is 9.57. The van der Waals surface area contributed by atoms with Crippen LogP contribution in [-0.2, 0) is 19.2 Å². The second-order valence-corrected chi connectivity index (χ2v) is 18.0. The number of hydrogen-bond acceptors (Lipinski definition) is 12. The molecule has 4 aliphatic rings. The summed E-state index contributed by atoms with van der Waals surface area (Å²) in [6.07, 6.45) is 2.50. The van der Waals surface area contributed by atoms with Crippen LogP contribution in [0.25, 0.3) is 0 Å². The van der Waals surface area contributed by atoms with Crippen LogP contribution in [0.2, 0.25) is 0 Å². The topological polar surface area (TPSA) is 160 Å². The Morgan fingerprint density at radius 1 is 0.594 bits per heavy atom. The smallest absolute Gasteiger partial charge is 0.238 e. The first kappa shape index (κ1) is 42.5. The molecule has 324 valence electrons. The number of carbonyl (C=O) groups is 4. The van der Waals surface area contributed by atoms with Crippen LogP contribution in [0.3, 0.4) is 0 Å². The molecule has 2 saturated heterocycles. The number of ether oxygens (including phenoxy) is 1. The minimum Gasteiger partial charge on any atom is -0.504 e. The molecule has 0 radical (unpaired) electrons. The first-order chi connectivity index (χ1) is 30.8. The van der Waals surface area contributed by atoms with Crippen molar-refractivity contribution in [2.75, 3.05) is 54.9 Å². The van der Waals surface area contributed by atoms with Crippen molar-refractivity contribution in [1.29, 1.82) is 0 Å². The van der Waals surface area contributed by atoms with Gasteiger partial charge in [0.1, 0.15) is 0 Å². The van der Waals surface area contributed by atoms with E-state index in [1.54, 1.807) is 60.7 Å². The van der Waals surface area contributed by atoms with E-state index < -0.39 is 35.5 Å². The van der Waals surface area contributed by atoms with Crippen LogP contribution in [0.4, 0.5) is 45.5 Å². The zero-order valence-electron chi connectivity index (χ0n) is 35.8. The lowest BCUT2D eigenvalue weighted by Crippen LogP contribution is -2.43. The van der Waals surface area contributed by atoms with Crippen LogP contribution in [0.1, 0.15) is 24.3 Å². The number of halogens is 1. The van der Waals surface area contributed by atoms with Gasteiger partial charge in [-0.3, -0.25) is 29.0 Å². The van der Waals surface area contributed by atoms with E-state index in [1.807, 2.05) is 115 Å². The first-order valence-corrected chi connectivity index (χ1v) is 22.0. The summed E-state index contributed by atoms with van der Waals surface area (Å²) in [6.45, 7) is 0. The van der Waals surface area contributed by atoms with Gasteiger partial charge in [-0.25, -0.2) is 0 Å². The minimum atomic E-state index is -0.808. The van der Waals surface area contributed by atoms with Crippen molar-refractivity contribution < 1.29 is 29.0 Å². The molecule has 1 N–H and O–H groups in total. The number of allylic oxidation sites excluding steroid dienone is 2. The highest BCUT2D eigenvalue weighted by molar-refractivity contribution is 14.1. The number of methoxy groups -OCH3 is 1. The summed E-state index contributed by atoms with van der Waals surface area (Å²) in [4.78, 5) is 64.8. The third kappa shape index (κ3) is 7.60. The number of rotatable bonds is 10. The van der Waals surface area contributed by atoms with E-state index in [1.165, 1.54) is 16.9 Å². The average molecular weight is 969 g/mol. The number of nitrogens with zero attached hydrogens (tertiary/aromatic N) is 8. The van der Waals surface area contributed by atoms with E-state index in [4.69, 9.17) is 4.74 Å². The van der Waals surface area contributed by atoms with Gasteiger partial charge in [-0.15, -0.1) is 0 Å². The van der Waals surface area contributed by atoms with Gasteiger partial charge in [0, 0.05) is 45.5 Å². The van der Waals surface area contributed by atoms with Gasteiger partial charge >= 0.3 is 0 Å². The van der Waals surface area contributed by atoms with Gasteiger partial charge in [-0.1, -0.05) is 11.6 Å². The molecule has 0 bridgehead atoms. The summed E-state index contributed by atoms with van der Waals surface area (Å²) in [5.74, 6) is -5.34. The van der Waals surface area contributed by atoms with Crippen molar-refractivity contribution in [1.82, 2.24) is 0 Å². The van der Waals surface area contributed by atoms with E-state index in [0.717, 1.165) is 16.9 Å². The first-order valence-electron chi connectivity index (χ1n) is 20.9. The average Bonchev–Trinajstić information content (AvgIpc) is 3.71. The van der Waals surface area contributed by atoms with E-state index in [2.05, 4.69) is 20.5 Å². The number of anilines is 4. The number of azo groups is 2. The zero-order chi connectivity index (χ0) is 45.0. The Morgan fingerprint density at radius 3 is 1.48 bits per heavy atom. The second-order valence-electron chi connectivity index (χ2n) is 16.9. The Kier molecular flexibility index (Phi) is 11.4. The van der Waals surface area contributed by atoms with Crippen molar-refractivity contribution in [2.45, 2.75) is 18.8 Å². The molecule has 5 aromatic carbocycles. The van der Waals surface area contributed by atoms with Gasteiger partial charge in [0.15, 0.2) is 11.5 Å². The third-order valence-electron chi connectivity index (χ3n) is 12.8. The van der Waals surface area contributed by atoms with Gasteiger partial charge in [0.05, 0.1) is 68.5 Å². The van der Waals surface area contributed by atoms with Crippen LogP contribution in [0, 0.1) is 33.2 Å². The van der Waals surface area contributed by atoms with Gasteiger partial charge in [0.2, 0.25) is 23.6 Å². The monoisotopic (exact) mass is 968 g/mol. The highest BCUT2D eigenvalue weighted by atomic mass is 127. The van der Waals surface area contributed by atoms with E-state index >= 15 is 0 Å². The summed E-state index contributed by atoms with van der Waals surface area (Å²) in [6, 6.07) is 32.4. The molecule has 64 heavy (non-hydrogen) atoms. The maximum atomic E-state index is 14.8. The molecule has 15 heteroatoms. The molecule has 4 amide bonds. The van der Waals surface area contributed by atoms with Crippen LogP contribution < -0.4 is 24.3 Å². The molecule has 2 aliphatic carbocycles. The maximum Gasteiger partial charge on any atom is 0.238 e. The molecule has 0 unspecified atom stereocenters. The lowest BCUT2D eigenvalue weighted by Gasteiger charge is -2.44. The van der Waals surface area contributed by atoms with Crippen molar-refractivity contribution in [3.05, 3.63) is 130 Å². The fourth-order valence-electron chi connectivity index (χ4n) is 9.60. The zero-order valence-corrected chi connectivity index (χ0v) is 37.9. The Bertz CT molecular complexity index is 2750. The predicted octanol–water partition coefficient (Wildman–Crippen LogP) is 10.0. The second kappa shape index (κ2) is 17.1.